The smallest absolute Gasteiger partial charge is 0.126 e. The van der Waals surface area contributed by atoms with Gasteiger partial charge in [0.1, 0.15) is 5.82 Å². The van der Waals surface area contributed by atoms with Gasteiger partial charge in [-0.25, -0.2) is 4.39 Å². The maximum absolute atomic E-state index is 13.9. The minimum absolute atomic E-state index is 0.0740. The van der Waals surface area contributed by atoms with E-state index >= 15 is 0 Å². The van der Waals surface area contributed by atoms with E-state index in [0.717, 1.165) is 23.6 Å². The van der Waals surface area contributed by atoms with Crippen LogP contribution in [0.25, 0.3) is 0 Å². The van der Waals surface area contributed by atoms with Crippen LogP contribution >= 0.6 is 0 Å². The number of nitrogens with one attached hydrogen (secondary N) is 1. The summed E-state index contributed by atoms with van der Waals surface area (Å²) in [6.07, 6.45) is 7.91. The lowest BCUT2D eigenvalue weighted by molar-refractivity contribution is 0.215. The van der Waals surface area contributed by atoms with E-state index in [-0.39, 0.29) is 5.82 Å². The Kier molecular flexibility index (Phi) is 6.22. The number of hydrogen-bond donors (Lipinski definition) is 1. The largest absolute Gasteiger partial charge is 0.310 e. The van der Waals surface area contributed by atoms with Gasteiger partial charge in [-0.2, -0.15) is 0 Å². The average Bonchev–Trinajstić information content (AvgIpc) is 2.49. The summed E-state index contributed by atoms with van der Waals surface area (Å²) in [4.78, 5) is 0. The molecule has 2 rings (SSSR count). The molecule has 1 aromatic carbocycles. The zero-order valence-electron chi connectivity index (χ0n) is 13.8. The third-order valence-electron chi connectivity index (χ3n) is 5.04. The molecule has 0 aromatic heterocycles. The zero-order chi connectivity index (χ0) is 15.2. The molecule has 0 bridgehead atoms. The first kappa shape index (κ1) is 16.5. The summed E-state index contributed by atoms with van der Waals surface area (Å²) in [7, 11) is 0. The highest BCUT2D eigenvalue weighted by Crippen LogP contribution is 2.38. The van der Waals surface area contributed by atoms with Crippen molar-refractivity contribution < 1.29 is 4.39 Å². The van der Waals surface area contributed by atoms with Crippen LogP contribution in [0.2, 0.25) is 0 Å². The van der Waals surface area contributed by atoms with Gasteiger partial charge in [-0.15, -0.1) is 0 Å². The predicted octanol–water partition coefficient (Wildman–Crippen LogP) is 5.39. The molecule has 1 aliphatic carbocycles. The Bertz CT molecular complexity index is 435. The highest BCUT2D eigenvalue weighted by atomic mass is 19.1. The summed E-state index contributed by atoms with van der Waals surface area (Å²) in [5.74, 6) is 1.50. The topological polar surface area (TPSA) is 12.0 Å². The minimum Gasteiger partial charge on any atom is -0.310 e. The molecule has 118 valence electrons. The number of hydrogen-bond acceptors (Lipinski definition) is 1. The van der Waals surface area contributed by atoms with Gasteiger partial charge >= 0.3 is 0 Å². The van der Waals surface area contributed by atoms with Gasteiger partial charge in [0.15, 0.2) is 0 Å². The second-order valence-corrected chi connectivity index (χ2v) is 6.61. The van der Waals surface area contributed by atoms with Crippen molar-refractivity contribution in [2.24, 2.45) is 11.8 Å². The third kappa shape index (κ3) is 4.29. The van der Waals surface area contributed by atoms with Gasteiger partial charge in [0.25, 0.3) is 0 Å². The molecule has 0 amide bonds. The lowest BCUT2D eigenvalue weighted by Crippen LogP contribution is -2.31. The van der Waals surface area contributed by atoms with Crippen LogP contribution in [-0.2, 0) is 0 Å². The van der Waals surface area contributed by atoms with Gasteiger partial charge in [-0.1, -0.05) is 51.7 Å². The molecule has 1 fully saturated rings. The van der Waals surface area contributed by atoms with E-state index in [1.54, 1.807) is 6.07 Å². The Morgan fingerprint density at radius 1 is 1.19 bits per heavy atom. The highest BCUT2D eigenvalue weighted by molar-refractivity contribution is 5.26. The van der Waals surface area contributed by atoms with Crippen LogP contribution in [0, 0.1) is 24.6 Å². The normalized spacial score (nSPS) is 24.0. The molecule has 1 saturated carbocycles. The summed E-state index contributed by atoms with van der Waals surface area (Å²) in [6, 6.07) is 6.07. The fourth-order valence-corrected chi connectivity index (χ4v) is 3.80. The van der Waals surface area contributed by atoms with E-state index in [0.29, 0.717) is 12.0 Å². The van der Waals surface area contributed by atoms with Crippen LogP contribution in [0.3, 0.4) is 0 Å². The van der Waals surface area contributed by atoms with Crippen molar-refractivity contribution in [3.05, 3.63) is 35.1 Å². The Morgan fingerprint density at radius 3 is 2.48 bits per heavy atom. The van der Waals surface area contributed by atoms with Crippen molar-refractivity contribution in [2.75, 3.05) is 6.54 Å². The second-order valence-electron chi connectivity index (χ2n) is 6.61. The molecule has 0 aliphatic heterocycles. The zero-order valence-corrected chi connectivity index (χ0v) is 13.8. The first-order chi connectivity index (χ1) is 10.2. The van der Waals surface area contributed by atoms with Crippen molar-refractivity contribution in [2.45, 2.75) is 65.3 Å². The van der Waals surface area contributed by atoms with E-state index in [4.69, 9.17) is 0 Å². The fourth-order valence-electron chi connectivity index (χ4n) is 3.80. The minimum atomic E-state index is -0.0740. The van der Waals surface area contributed by atoms with Crippen molar-refractivity contribution in [1.82, 2.24) is 5.32 Å². The van der Waals surface area contributed by atoms with Gasteiger partial charge in [0, 0.05) is 6.04 Å². The first-order valence-electron chi connectivity index (χ1n) is 8.65. The van der Waals surface area contributed by atoms with Gasteiger partial charge < -0.3 is 5.32 Å². The summed E-state index contributed by atoms with van der Waals surface area (Å²) >= 11 is 0. The lowest BCUT2D eigenvalue weighted by Gasteiger charge is -2.34. The summed E-state index contributed by atoms with van der Waals surface area (Å²) < 4.78 is 13.9. The van der Waals surface area contributed by atoms with Gasteiger partial charge in [0.05, 0.1) is 0 Å². The molecule has 1 aromatic rings. The maximum Gasteiger partial charge on any atom is 0.126 e. The monoisotopic (exact) mass is 291 g/mol. The third-order valence-corrected chi connectivity index (χ3v) is 5.04. The van der Waals surface area contributed by atoms with Crippen LogP contribution in [-0.4, -0.2) is 6.54 Å². The number of aryl methyl sites for hydroxylation is 1. The average molecular weight is 291 g/mol. The molecule has 21 heavy (non-hydrogen) atoms. The fraction of sp³-hybridized carbons (Fsp3) is 0.684. The van der Waals surface area contributed by atoms with E-state index < -0.39 is 0 Å². The highest BCUT2D eigenvalue weighted by Gasteiger charge is 2.28. The molecule has 0 radical (unpaired) electrons. The SMILES string of the molecule is CCCC1CCC(C(NCC)c2ccc(C)c(F)c2)CC1. The Hall–Kier alpha value is -0.890. The summed E-state index contributed by atoms with van der Waals surface area (Å²) in [5, 5.41) is 3.60. The van der Waals surface area contributed by atoms with Crippen LogP contribution < -0.4 is 5.32 Å². The number of benzene rings is 1. The van der Waals surface area contributed by atoms with Crippen molar-refractivity contribution in [1.29, 1.82) is 0 Å². The molecule has 0 spiro atoms. The van der Waals surface area contributed by atoms with E-state index in [1.807, 2.05) is 13.0 Å². The van der Waals surface area contributed by atoms with Crippen LogP contribution in [0.5, 0.6) is 0 Å². The Balaban J connectivity index is 2.07. The molecule has 1 aliphatic rings. The van der Waals surface area contributed by atoms with Gasteiger partial charge in [0.2, 0.25) is 0 Å². The van der Waals surface area contributed by atoms with E-state index in [2.05, 4.69) is 25.2 Å². The number of rotatable bonds is 6. The molecule has 1 unspecified atom stereocenters. The standard InChI is InChI=1S/C19H30FN/c1-4-6-15-8-11-16(12-9-15)19(21-5-2)17-10-7-14(3)18(20)13-17/h7,10,13,15-16,19,21H,4-6,8-9,11-12H2,1-3H3. The molecule has 1 atom stereocenters. The lowest BCUT2D eigenvalue weighted by atomic mass is 9.75. The van der Waals surface area contributed by atoms with Crippen LogP contribution in [0.4, 0.5) is 4.39 Å². The first-order valence-corrected chi connectivity index (χ1v) is 8.65. The van der Waals surface area contributed by atoms with E-state index in [9.17, 15) is 4.39 Å². The molecule has 2 heteroatoms. The second kappa shape index (κ2) is 7.93. The molecule has 0 saturated heterocycles. The Morgan fingerprint density at radius 2 is 1.90 bits per heavy atom. The van der Waals surface area contributed by atoms with Gasteiger partial charge in [-0.3, -0.25) is 0 Å². The molecule has 1 nitrogen and oxygen atoms in total. The van der Waals surface area contributed by atoms with Crippen LogP contribution in [0.1, 0.15) is 69.5 Å². The van der Waals surface area contributed by atoms with Crippen molar-refractivity contribution >= 4 is 0 Å². The summed E-state index contributed by atoms with van der Waals surface area (Å²) in [5.41, 5.74) is 1.86. The summed E-state index contributed by atoms with van der Waals surface area (Å²) in [6.45, 7) is 7.19. The maximum atomic E-state index is 13.9. The molecule has 0 heterocycles. The van der Waals surface area contributed by atoms with Crippen LogP contribution in [0.15, 0.2) is 18.2 Å². The number of halogens is 1. The molecule has 1 N–H and O–H groups in total. The Labute approximate surface area is 129 Å². The molecular weight excluding hydrogens is 261 g/mol. The molecular formula is C19H30FN. The van der Waals surface area contributed by atoms with Crippen molar-refractivity contribution in [3.8, 4) is 0 Å². The quantitative estimate of drug-likeness (QED) is 0.741. The van der Waals surface area contributed by atoms with E-state index in [1.165, 1.54) is 38.5 Å². The van der Waals surface area contributed by atoms with Gasteiger partial charge in [-0.05, 0) is 55.3 Å². The van der Waals surface area contributed by atoms with Crippen molar-refractivity contribution in [3.63, 3.8) is 0 Å². The predicted molar refractivity (Wildman–Crippen MR) is 87.9 cm³/mol.